The minimum absolute atomic E-state index is 0.0774. The third-order valence-corrected chi connectivity index (χ3v) is 4.30. The lowest BCUT2D eigenvalue weighted by molar-refractivity contribution is -0.124. The lowest BCUT2D eigenvalue weighted by atomic mass is 10.1. The van der Waals surface area contributed by atoms with Crippen molar-refractivity contribution in [2.45, 2.75) is 19.5 Å². The Labute approximate surface area is 168 Å². The first-order chi connectivity index (χ1) is 14.1. The molecule has 0 aliphatic carbocycles. The highest BCUT2D eigenvalue weighted by atomic mass is 16.5. The number of benzene rings is 2. The highest BCUT2D eigenvalue weighted by Gasteiger charge is 2.17. The number of ketones is 1. The second-order valence-electron chi connectivity index (χ2n) is 6.36. The lowest BCUT2D eigenvalue weighted by Crippen LogP contribution is -2.35. The van der Waals surface area contributed by atoms with Crippen LogP contribution in [0.25, 0.3) is 0 Å². The summed E-state index contributed by atoms with van der Waals surface area (Å²) in [7, 11) is 1.48. The van der Waals surface area contributed by atoms with Crippen LogP contribution in [0.5, 0.6) is 11.5 Å². The number of hydrogen-bond acceptors (Lipinski definition) is 6. The fourth-order valence-corrected chi connectivity index (χ4v) is 2.82. The maximum absolute atomic E-state index is 12.5. The Morgan fingerprint density at radius 2 is 1.93 bits per heavy atom. The molecule has 0 aliphatic heterocycles. The zero-order valence-electron chi connectivity index (χ0n) is 16.2. The Morgan fingerprint density at radius 1 is 1.14 bits per heavy atom. The van der Waals surface area contributed by atoms with Gasteiger partial charge in [0.25, 0.3) is 5.91 Å². The van der Waals surface area contributed by atoms with E-state index in [4.69, 9.17) is 9.47 Å². The van der Waals surface area contributed by atoms with E-state index in [0.29, 0.717) is 23.6 Å². The number of Topliss-reactive ketones (excluding diaryl/α,β-unsaturated/α-hetero) is 1. The van der Waals surface area contributed by atoms with E-state index in [1.807, 2.05) is 30.3 Å². The molecule has 0 aliphatic rings. The summed E-state index contributed by atoms with van der Waals surface area (Å²) in [5, 5.41) is 7.07. The number of hydrogen-bond donors (Lipinski definition) is 1. The molecule has 29 heavy (non-hydrogen) atoms. The summed E-state index contributed by atoms with van der Waals surface area (Å²) in [5.41, 5.74) is 1.45. The standard InChI is InChI=1S/C21H22N4O4/c1-15(26)17-8-9-19(20(10-17)28-2)29-12-21(27)24-18(11-25-14-22-13-23-25)16-6-4-3-5-7-16/h3-10,13-14,18H,11-12H2,1-2H3,(H,24,27). The molecule has 2 aromatic carbocycles. The smallest absolute Gasteiger partial charge is 0.258 e. The molecule has 3 aromatic rings. The van der Waals surface area contributed by atoms with Gasteiger partial charge in [-0.15, -0.1) is 0 Å². The van der Waals surface area contributed by atoms with Crippen molar-refractivity contribution in [2.75, 3.05) is 13.7 Å². The van der Waals surface area contributed by atoms with Crippen molar-refractivity contribution in [2.24, 2.45) is 0 Å². The maximum Gasteiger partial charge on any atom is 0.258 e. The largest absolute Gasteiger partial charge is 0.493 e. The highest BCUT2D eigenvalue weighted by molar-refractivity contribution is 5.94. The molecule has 0 radical (unpaired) electrons. The number of ether oxygens (including phenoxy) is 2. The Kier molecular flexibility index (Phi) is 6.57. The average Bonchev–Trinajstić information content (AvgIpc) is 3.25. The Morgan fingerprint density at radius 3 is 2.59 bits per heavy atom. The van der Waals surface area contributed by atoms with Crippen LogP contribution in [-0.4, -0.2) is 40.2 Å². The van der Waals surface area contributed by atoms with Crippen LogP contribution in [0.4, 0.5) is 0 Å². The quantitative estimate of drug-likeness (QED) is 0.560. The Balaban J connectivity index is 1.67. The molecule has 0 spiro atoms. The molecule has 1 heterocycles. The van der Waals surface area contributed by atoms with Gasteiger partial charge in [0.2, 0.25) is 0 Å². The Bertz CT molecular complexity index is 958. The average molecular weight is 394 g/mol. The van der Waals surface area contributed by atoms with Crippen LogP contribution in [0.1, 0.15) is 28.9 Å². The van der Waals surface area contributed by atoms with Crippen molar-refractivity contribution in [1.82, 2.24) is 20.1 Å². The number of nitrogens with one attached hydrogen (secondary N) is 1. The summed E-state index contributed by atoms with van der Waals surface area (Å²) < 4.78 is 12.5. The number of amides is 1. The number of rotatable bonds is 9. The SMILES string of the molecule is COc1cc(C(C)=O)ccc1OCC(=O)NC(Cn1cncn1)c1ccccc1. The summed E-state index contributed by atoms with van der Waals surface area (Å²) in [5.74, 6) is 0.413. The van der Waals surface area contributed by atoms with Gasteiger partial charge in [-0.25, -0.2) is 4.98 Å². The summed E-state index contributed by atoms with van der Waals surface area (Å²) in [6, 6.07) is 14.2. The summed E-state index contributed by atoms with van der Waals surface area (Å²) in [6.45, 7) is 1.71. The molecule has 3 rings (SSSR count). The van der Waals surface area contributed by atoms with Crippen LogP contribution in [0.15, 0.2) is 61.2 Å². The van der Waals surface area contributed by atoms with E-state index in [9.17, 15) is 9.59 Å². The molecule has 1 aromatic heterocycles. The number of carbonyl (C=O) groups is 2. The van der Waals surface area contributed by atoms with Crippen molar-refractivity contribution < 1.29 is 19.1 Å². The van der Waals surface area contributed by atoms with Crippen molar-refractivity contribution in [3.05, 3.63) is 72.3 Å². The van der Waals surface area contributed by atoms with Crippen molar-refractivity contribution in [3.8, 4) is 11.5 Å². The van der Waals surface area contributed by atoms with Gasteiger partial charge in [-0.1, -0.05) is 30.3 Å². The first-order valence-corrected chi connectivity index (χ1v) is 9.05. The first-order valence-electron chi connectivity index (χ1n) is 9.05. The predicted octanol–water partition coefficient (Wildman–Crippen LogP) is 2.43. The van der Waals surface area contributed by atoms with E-state index in [2.05, 4.69) is 15.4 Å². The minimum atomic E-state index is -0.295. The molecule has 150 valence electrons. The molecular formula is C21H22N4O4. The van der Waals surface area contributed by atoms with Crippen LogP contribution >= 0.6 is 0 Å². The van der Waals surface area contributed by atoms with E-state index < -0.39 is 0 Å². The molecule has 0 bridgehead atoms. The van der Waals surface area contributed by atoms with Crippen LogP contribution in [0, 0.1) is 0 Å². The molecule has 0 fully saturated rings. The number of nitrogens with zero attached hydrogens (tertiary/aromatic N) is 3. The second kappa shape index (κ2) is 9.50. The third kappa shape index (κ3) is 5.41. The molecule has 1 unspecified atom stereocenters. The molecule has 0 saturated heterocycles. The molecular weight excluding hydrogens is 372 g/mol. The van der Waals surface area contributed by atoms with Gasteiger partial charge in [0, 0.05) is 5.56 Å². The van der Waals surface area contributed by atoms with Gasteiger partial charge in [0.15, 0.2) is 23.9 Å². The molecule has 1 atom stereocenters. The number of aromatic nitrogens is 3. The number of methoxy groups -OCH3 is 1. The van der Waals surface area contributed by atoms with Crippen molar-refractivity contribution >= 4 is 11.7 Å². The third-order valence-electron chi connectivity index (χ3n) is 4.30. The summed E-state index contributed by atoms with van der Waals surface area (Å²) in [6.07, 6.45) is 3.05. The number of carbonyl (C=O) groups excluding carboxylic acids is 2. The first kappa shape index (κ1) is 20.1. The van der Waals surface area contributed by atoms with Crippen LogP contribution < -0.4 is 14.8 Å². The zero-order chi connectivity index (χ0) is 20.6. The van der Waals surface area contributed by atoms with Gasteiger partial charge in [-0.3, -0.25) is 14.3 Å². The minimum Gasteiger partial charge on any atom is -0.493 e. The van der Waals surface area contributed by atoms with Gasteiger partial charge in [0.05, 0.1) is 19.7 Å². The molecule has 8 nitrogen and oxygen atoms in total. The monoisotopic (exact) mass is 394 g/mol. The van der Waals surface area contributed by atoms with Crippen LogP contribution in [-0.2, 0) is 11.3 Å². The van der Waals surface area contributed by atoms with Crippen molar-refractivity contribution in [1.29, 1.82) is 0 Å². The maximum atomic E-state index is 12.5. The zero-order valence-corrected chi connectivity index (χ0v) is 16.2. The van der Waals surface area contributed by atoms with E-state index in [-0.39, 0.29) is 24.3 Å². The predicted molar refractivity (Wildman–Crippen MR) is 106 cm³/mol. The molecule has 0 saturated carbocycles. The molecule has 1 N–H and O–H groups in total. The van der Waals surface area contributed by atoms with Gasteiger partial charge >= 0.3 is 0 Å². The molecule has 1 amide bonds. The normalized spacial score (nSPS) is 11.5. The van der Waals surface area contributed by atoms with Gasteiger partial charge in [0.1, 0.15) is 12.7 Å². The Hall–Kier alpha value is -3.68. The lowest BCUT2D eigenvalue weighted by Gasteiger charge is -2.19. The van der Waals surface area contributed by atoms with Gasteiger partial charge < -0.3 is 14.8 Å². The fraction of sp³-hybridized carbons (Fsp3) is 0.238. The fourth-order valence-electron chi connectivity index (χ4n) is 2.82. The van der Waals surface area contributed by atoms with E-state index in [0.717, 1.165) is 5.56 Å². The van der Waals surface area contributed by atoms with Gasteiger partial charge in [-0.2, -0.15) is 5.10 Å². The summed E-state index contributed by atoms with van der Waals surface area (Å²) in [4.78, 5) is 28.0. The van der Waals surface area contributed by atoms with Crippen LogP contribution in [0.2, 0.25) is 0 Å². The molecule has 8 heteroatoms. The van der Waals surface area contributed by atoms with Crippen molar-refractivity contribution in [3.63, 3.8) is 0 Å². The second-order valence-corrected chi connectivity index (χ2v) is 6.36. The topological polar surface area (TPSA) is 95.3 Å². The van der Waals surface area contributed by atoms with E-state index in [1.54, 1.807) is 29.2 Å². The van der Waals surface area contributed by atoms with E-state index in [1.165, 1.54) is 20.4 Å². The van der Waals surface area contributed by atoms with Gasteiger partial charge in [-0.05, 0) is 30.7 Å². The highest BCUT2D eigenvalue weighted by Crippen LogP contribution is 2.28. The summed E-state index contributed by atoms with van der Waals surface area (Å²) >= 11 is 0. The van der Waals surface area contributed by atoms with Crippen LogP contribution in [0.3, 0.4) is 0 Å². The van der Waals surface area contributed by atoms with E-state index >= 15 is 0 Å².